The van der Waals surface area contributed by atoms with Crippen LogP contribution in [0.25, 0.3) is 0 Å². The molecule has 0 aliphatic rings. The van der Waals surface area contributed by atoms with Crippen molar-refractivity contribution >= 4 is 17.3 Å². The molecule has 0 aliphatic carbocycles. The first-order valence-corrected chi connectivity index (χ1v) is 4.79. The maximum Gasteiger partial charge on any atom is 0.134 e. The summed E-state index contributed by atoms with van der Waals surface area (Å²) in [6, 6.07) is 5.38. The van der Waals surface area contributed by atoms with Gasteiger partial charge in [-0.25, -0.2) is 0 Å². The van der Waals surface area contributed by atoms with Gasteiger partial charge in [0, 0.05) is 18.0 Å². The first-order chi connectivity index (χ1) is 6.77. The summed E-state index contributed by atoms with van der Waals surface area (Å²) < 4.78 is 5.14. The van der Waals surface area contributed by atoms with E-state index in [1.54, 1.807) is 25.3 Å². The molecule has 14 heavy (non-hydrogen) atoms. The van der Waals surface area contributed by atoms with Crippen molar-refractivity contribution in [1.82, 2.24) is 0 Å². The highest BCUT2D eigenvalue weighted by Gasteiger charge is 1.98. The van der Waals surface area contributed by atoms with Gasteiger partial charge in [-0.3, -0.25) is 0 Å². The zero-order chi connectivity index (χ0) is 10.4. The van der Waals surface area contributed by atoms with Gasteiger partial charge in [0.2, 0.25) is 0 Å². The highest BCUT2D eigenvalue weighted by Crippen LogP contribution is 2.19. The van der Waals surface area contributed by atoms with E-state index in [1.807, 2.05) is 0 Å². The van der Waals surface area contributed by atoms with E-state index in [-0.39, 0.29) is 0 Å². The van der Waals surface area contributed by atoms with Gasteiger partial charge in [-0.15, -0.1) is 11.6 Å². The molecule has 0 radical (unpaired) electrons. The van der Waals surface area contributed by atoms with E-state index in [9.17, 15) is 0 Å². The molecule has 0 aromatic heterocycles. The lowest BCUT2D eigenvalue weighted by atomic mass is 10.2. The van der Waals surface area contributed by atoms with Crippen LogP contribution >= 0.6 is 11.6 Å². The maximum atomic E-state index is 5.64. The molecule has 3 heteroatoms. The molecule has 74 valence electrons. The molecule has 2 nitrogen and oxygen atoms in total. The van der Waals surface area contributed by atoms with Crippen molar-refractivity contribution in [2.75, 3.05) is 18.7 Å². The Kier molecular flexibility index (Phi) is 4.15. The second-order valence-corrected chi connectivity index (χ2v) is 3.08. The van der Waals surface area contributed by atoms with Gasteiger partial charge in [0.15, 0.2) is 0 Å². The summed E-state index contributed by atoms with van der Waals surface area (Å²) in [5.41, 5.74) is 7.12. The highest BCUT2D eigenvalue weighted by molar-refractivity contribution is 6.18. The van der Waals surface area contributed by atoms with Crippen LogP contribution in [0.2, 0.25) is 0 Å². The van der Waals surface area contributed by atoms with Crippen LogP contribution in [-0.2, 0) is 0 Å². The minimum absolute atomic E-state index is 0.539. The van der Waals surface area contributed by atoms with Crippen LogP contribution < -0.4 is 10.5 Å². The molecule has 0 saturated heterocycles. The zero-order valence-electron chi connectivity index (χ0n) is 8.01. The average molecular weight is 210 g/mol. The van der Waals surface area contributed by atoms with E-state index in [4.69, 9.17) is 22.1 Å². The number of methoxy groups -OCH3 is 1. The Bertz CT molecular complexity index is 365. The Balaban J connectivity index is 2.94. The number of benzene rings is 1. The summed E-state index contributed by atoms with van der Waals surface area (Å²) in [7, 11) is 1.61. The molecule has 0 amide bonds. The van der Waals surface area contributed by atoms with E-state index >= 15 is 0 Å². The molecule has 0 aliphatic heterocycles. The number of alkyl halides is 1. The summed E-state index contributed by atoms with van der Waals surface area (Å²) in [4.78, 5) is 0. The average Bonchev–Trinajstić information content (AvgIpc) is 2.19. The van der Waals surface area contributed by atoms with Crippen LogP contribution in [-0.4, -0.2) is 13.0 Å². The van der Waals surface area contributed by atoms with E-state index in [2.05, 4.69) is 11.8 Å². The van der Waals surface area contributed by atoms with E-state index in [1.165, 1.54) is 0 Å². The van der Waals surface area contributed by atoms with Crippen molar-refractivity contribution in [3.63, 3.8) is 0 Å². The monoisotopic (exact) mass is 209 g/mol. The Morgan fingerprint density at radius 3 is 2.93 bits per heavy atom. The SMILES string of the molecule is COc1ccc(N)cc1C#CCCCl. The van der Waals surface area contributed by atoms with Crippen molar-refractivity contribution in [2.24, 2.45) is 0 Å². The molecule has 0 bridgehead atoms. The first kappa shape index (κ1) is 10.7. The molecule has 0 heterocycles. The van der Waals surface area contributed by atoms with Gasteiger partial charge in [0.05, 0.1) is 12.7 Å². The smallest absolute Gasteiger partial charge is 0.134 e. The summed E-state index contributed by atoms with van der Waals surface area (Å²) >= 11 is 5.51. The Labute approximate surface area is 89.0 Å². The molecule has 0 atom stereocenters. The summed E-state index contributed by atoms with van der Waals surface area (Å²) in [6.07, 6.45) is 0.666. The minimum Gasteiger partial charge on any atom is -0.495 e. The number of nitrogen functional groups attached to an aromatic ring is 1. The minimum atomic E-state index is 0.539. The zero-order valence-corrected chi connectivity index (χ0v) is 8.77. The lowest BCUT2D eigenvalue weighted by molar-refractivity contribution is 0.413. The van der Waals surface area contributed by atoms with Gasteiger partial charge in [0.25, 0.3) is 0 Å². The second-order valence-electron chi connectivity index (χ2n) is 2.70. The number of nitrogens with two attached hydrogens (primary N) is 1. The molecular formula is C11H12ClNO. The first-order valence-electron chi connectivity index (χ1n) is 4.26. The molecular weight excluding hydrogens is 198 g/mol. The molecule has 0 spiro atoms. The molecule has 0 fully saturated rings. The Morgan fingerprint density at radius 2 is 2.29 bits per heavy atom. The van der Waals surface area contributed by atoms with Gasteiger partial charge in [0.1, 0.15) is 5.75 Å². The van der Waals surface area contributed by atoms with Gasteiger partial charge in [-0.1, -0.05) is 11.8 Å². The number of anilines is 1. The van der Waals surface area contributed by atoms with Crippen LogP contribution in [0.3, 0.4) is 0 Å². The van der Waals surface area contributed by atoms with Crippen LogP contribution in [0.15, 0.2) is 18.2 Å². The predicted molar refractivity (Wildman–Crippen MR) is 59.6 cm³/mol. The summed E-state index contributed by atoms with van der Waals surface area (Å²) in [5, 5.41) is 0. The van der Waals surface area contributed by atoms with Crippen LogP contribution in [0.5, 0.6) is 5.75 Å². The number of hydrogen-bond acceptors (Lipinski definition) is 2. The van der Waals surface area contributed by atoms with E-state index < -0.39 is 0 Å². The summed E-state index contributed by atoms with van der Waals surface area (Å²) in [5.74, 6) is 7.18. The summed E-state index contributed by atoms with van der Waals surface area (Å²) in [6.45, 7) is 0. The number of rotatable bonds is 2. The molecule has 0 unspecified atom stereocenters. The third kappa shape index (κ3) is 2.86. The third-order valence-electron chi connectivity index (χ3n) is 1.67. The fourth-order valence-electron chi connectivity index (χ4n) is 1.03. The van der Waals surface area contributed by atoms with Crippen LogP contribution in [0.4, 0.5) is 5.69 Å². The van der Waals surface area contributed by atoms with Gasteiger partial charge in [-0.05, 0) is 18.2 Å². The van der Waals surface area contributed by atoms with Gasteiger partial charge >= 0.3 is 0 Å². The lowest BCUT2D eigenvalue weighted by Crippen LogP contribution is -1.91. The molecule has 2 N–H and O–H groups in total. The van der Waals surface area contributed by atoms with Crippen LogP contribution in [0.1, 0.15) is 12.0 Å². The molecule has 1 aromatic rings. The highest BCUT2D eigenvalue weighted by atomic mass is 35.5. The normalized spacial score (nSPS) is 9.00. The van der Waals surface area contributed by atoms with Crippen LogP contribution in [0, 0.1) is 11.8 Å². The number of ether oxygens (including phenoxy) is 1. The fourth-order valence-corrected chi connectivity index (χ4v) is 1.12. The third-order valence-corrected chi connectivity index (χ3v) is 1.86. The Morgan fingerprint density at radius 1 is 1.50 bits per heavy atom. The fraction of sp³-hybridized carbons (Fsp3) is 0.273. The van der Waals surface area contributed by atoms with Crippen molar-refractivity contribution in [2.45, 2.75) is 6.42 Å². The second kappa shape index (κ2) is 5.41. The van der Waals surface area contributed by atoms with Crippen molar-refractivity contribution < 1.29 is 4.74 Å². The number of halogens is 1. The lowest BCUT2D eigenvalue weighted by Gasteiger charge is -2.03. The quantitative estimate of drug-likeness (QED) is 0.461. The number of hydrogen-bond donors (Lipinski definition) is 1. The Hall–Kier alpha value is -1.33. The van der Waals surface area contributed by atoms with Crippen molar-refractivity contribution in [3.8, 4) is 17.6 Å². The molecule has 1 rings (SSSR count). The van der Waals surface area contributed by atoms with Crippen molar-refractivity contribution in [3.05, 3.63) is 23.8 Å². The maximum absolute atomic E-state index is 5.64. The van der Waals surface area contributed by atoms with E-state index in [0.29, 0.717) is 18.0 Å². The van der Waals surface area contributed by atoms with Gasteiger partial charge < -0.3 is 10.5 Å². The topological polar surface area (TPSA) is 35.2 Å². The van der Waals surface area contributed by atoms with E-state index in [0.717, 1.165) is 11.3 Å². The van der Waals surface area contributed by atoms with Gasteiger partial charge in [-0.2, -0.15) is 0 Å². The molecule has 1 aromatic carbocycles. The molecule has 0 saturated carbocycles. The standard InChI is InChI=1S/C11H12ClNO/c1-14-11-6-5-10(13)8-9(11)4-2-3-7-12/h5-6,8H,3,7,13H2,1H3. The van der Waals surface area contributed by atoms with Crippen molar-refractivity contribution in [1.29, 1.82) is 0 Å². The largest absolute Gasteiger partial charge is 0.495 e. The predicted octanol–water partition coefficient (Wildman–Crippen LogP) is 2.26.